The predicted molar refractivity (Wildman–Crippen MR) is 143 cm³/mol. The molecule has 3 aromatic heterocycles. The summed E-state index contributed by atoms with van der Waals surface area (Å²) < 4.78 is 10.6. The highest BCUT2D eigenvalue weighted by atomic mass is 79.9. The van der Waals surface area contributed by atoms with Crippen molar-refractivity contribution in [1.82, 2.24) is 23.9 Å². The van der Waals surface area contributed by atoms with Crippen LogP contribution >= 0.6 is 15.9 Å². The van der Waals surface area contributed by atoms with Crippen LogP contribution in [0.15, 0.2) is 76.4 Å². The molecular formula is C28H26BrN5O2. The summed E-state index contributed by atoms with van der Waals surface area (Å²) in [6.07, 6.45) is 11.7. The third-order valence-corrected chi connectivity index (χ3v) is 7.36. The molecule has 0 aliphatic heterocycles. The average molecular weight is 544 g/mol. The van der Waals surface area contributed by atoms with Crippen LogP contribution in [-0.2, 0) is 6.54 Å². The molecule has 0 bridgehead atoms. The van der Waals surface area contributed by atoms with E-state index in [9.17, 15) is 4.79 Å². The Labute approximate surface area is 216 Å². The number of halogens is 1. The highest BCUT2D eigenvalue weighted by Crippen LogP contribution is 2.25. The van der Waals surface area contributed by atoms with E-state index in [4.69, 9.17) is 9.72 Å². The van der Waals surface area contributed by atoms with Gasteiger partial charge in [0.15, 0.2) is 11.6 Å². The minimum Gasteiger partial charge on any atom is -0.490 e. The molecule has 5 aromatic rings. The van der Waals surface area contributed by atoms with Crippen LogP contribution in [0.5, 0.6) is 5.75 Å². The zero-order chi connectivity index (χ0) is 24.5. The summed E-state index contributed by atoms with van der Waals surface area (Å²) >= 11 is 3.52. The standard InChI is InChI=1S/C28H26BrN5O2/c29-22-9-10-24-25(14-22)33-12-11-26(35)34(28(33)32-24)17-20-7-4-8-21(13-20)27-30-15-23(16-31-27)36-18-19-5-2-1-3-6-19/h4,7-16,19H,1-3,5-6,17-18H2. The maximum Gasteiger partial charge on any atom is 0.255 e. The van der Waals surface area contributed by atoms with Crippen molar-refractivity contribution >= 4 is 32.7 Å². The third kappa shape index (κ3) is 4.65. The number of ether oxygens (including phenoxy) is 1. The second-order valence-electron chi connectivity index (χ2n) is 9.41. The van der Waals surface area contributed by atoms with Gasteiger partial charge in [0.1, 0.15) is 0 Å². The number of hydrogen-bond donors (Lipinski definition) is 0. The molecule has 2 aromatic carbocycles. The van der Waals surface area contributed by atoms with Crippen molar-refractivity contribution in [2.45, 2.75) is 38.6 Å². The molecular weight excluding hydrogens is 518 g/mol. The molecule has 1 saturated carbocycles. The maximum atomic E-state index is 12.8. The Hall–Kier alpha value is -3.52. The highest BCUT2D eigenvalue weighted by Gasteiger charge is 2.15. The van der Waals surface area contributed by atoms with E-state index < -0.39 is 0 Å². The van der Waals surface area contributed by atoms with Gasteiger partial charge in [0.05, 0.1) is 36.6 Å². The van der Waals surface area contributed by atoms with E-state index in [1.54, 1.807) is 29.2 Å². The second kappa shape index (κ2) is 9.85. The van der Waals surface area contributed by atoms with Gasteiger partial charge in [0.2, 0.25) is 5.78 Å². The lowest BCUT2D eigenvalue weighted by Crippen LogP contribution is -2.22. The molecule has 0 saturated heterocycles. The van der Waals surface area contributed by atoms with Crippen molar-refractivity contribution in [3.8, 4) is 17.1 Å². The quantitative estimate of drug-likeness (QED) is 0.267. The van der Waals surface area contributed by atoms with Crippen LogP contribution in [0.2, 0.25) is 0 Å². The van der Waals surface area contributed by atoms with E-state index in [0.29, 0.717) is 29.8 Å². The van der Waals surface area contributed by atoms with E-state index in [-0.39, 0.29) is 5.56 Å². The third-order valence-electron chi connectivity index (χ3n) is 6.87. The summed E-state index contributed by atoms with van der Waals surface area (Å²) in [5, 5.41) is 0. The van der Waals surface area contributed by atoms with E-state index in [1.165, 1.54) is 32.1 Å². The number of fused-ring (bicyclic) bond motifs is 3. The highest BCUT2D eigenvalue weighted by molar-refractivity contribution is 9.10. The number of benzene rings is 2. The van der Waals surface area contributed by atoms with Crippen LogP contribution in [0, 0.1) is 5.92 Å². The second-order valence-corrected chi connectivity index (χ2v) is 10.3. The first-order valence-electron chi connectivity index (χ1n) is 12.4. The lowest BCUT2D eigenvalue weighted by atomic mass is 9.90. The molecule has 1 fully saturated rings. The van der Waals surface area contributed by atoms with Crippen molar-refractivity contribution in [3.05, 3.63) is 87.5 Å². The van der Waals surface area contributed by atoms with E-state index >= 15 is 0 Å². The Bertz CT molecular complexity index is 1590. The molecule has 1 aliphatic rings. The molecule has 0 unspecified atom stereocenters. The molecule has 0 spiro atoms. The smallest absolute Gasteiger partial charge is 0.255 e. The first kappa shape index (κ1) is 22.9. The molecule has 36 heavy (non-hydrogen) atoms. The van der Waals surface area contributed by atoms with Crippen LogP contribution in [0.25, 0.3) is 28.2 Å². The van der Waals surface area contributed by atoms with Crippen molar-refractivity contribution in [3.63, 3.8) is 0 Å². The Balaban J connectivity index is 1.24. The fourth-order valence-electron chi connectivity index (χ4n) is 4.97. The van der Waals surface area contributed by atoms with Gasteiger partial charge in [-0.25, -0.2) is 15.0 Å². The van der Waals surface area contributed by atoms with Crippen LogP contribution < -0.4 is 10.3 Å². The van der Waals surface area contributed by atoms with Crippen LogP contribution in [0.1, 0.15) is 37.7 Å². The minimum absolute atomic E-state index is 0.0991. The Kier molecular flexibility index (Phi) is 6.27. The number of rotatable bonds is 6. The normalized spacial score (nSPS) is 14.5. The van der Waals surface area contributed by atoms with Gasteiger partial charge in [-0.3, -0.25) is 13.8 Å². The first-order valence-corrected chi connectivity index (χ1v) is 13.1. The van der Waals surface area contributed by atoms with E-state index in [1.807, 2.05) is 46.9 Å². The van der Waals surface area contributed by atoms with Gasteiger partial charge in [0.25, 0.3) is 5.56 Å². The lowest BCUT2D eigenvalue weighted by molar-refractivity contribution is 0.207. The molecule has 7 nitrogen and oxygen atoms in total. The molecule has 0 atom stereocenters. The maximum absolute atomic E-state index is 12.8. The van der Waals surface area contributed by atoms with Gasteiger partial charge < -0.3 is 4.74 Å². The Morgan fingerprint density at radius 3 is 2.67 bits per heavy atom. The van der Waals surface area contributed by atoms with Crippen molar-refractivity contribution in [1.29, 1.82) is 0 Å². The van der Waals surface area contributed by atoms with Gasteiger partial charge in [-0.1, -0.05) is 53.4 Å². The molecule has 8 heteroatoms. The summed E-state index contributed by atoms with van der Waals surface area (Å²) in [6, 6.07) is 15.4. The Morgan fingerprint density at radius 2 is 1.83 bits per heavy atom. The summed E-state index contributed by atoms with van der Waals surface area (Å²) in [5.74, 6) is 2.58. The van der Waals surface area contributed by atoms with Crippen LogP contribution in [0.4, 0.5) is 0 Å². The monoisotopic (exact) mass is 543 g/mol. The molecule has 1 aliphatic carbocycles. The zero-order valence-corrected chi connectivity index (χ0v) is 21.4. The lowest BCUT2D eigenvalue weighted by Gasteiger charge is -2.21. The number of hydrogen-bond acceptors (Lipinski definition) is 5. The van der Waals surface area contributed by atoms with Gasteiger partial charge in [-0.05, 0) is 48.6 Å². The SMILES string of the molecule is O=c1ccn2c3cc(Br)ccc3nc2n1Cc1cccc(-c2ncc(OCC3CCCCC3)cn2)c1. The largest absolute Gasteiger partial charge is 0.490 e. The van der Waals surface area contributed by atoms with Gasteiger partial charge in [0, 0.05) is 22.3 Å². The number of nitrogens with zero attached hydrogens (tertiary/aromatic N) is 5. The summed E-state index contributed by atoms with van der Waals surface area (Å²) in [4.78, 5) is 26.6. The van der Waals surface area contributed by atoms with Gasteiger partial charge >= 0.3 is 0 Å². The van der Waals surface area contributed by atoms with Gasteiger partial charge in [-0.2, -0.15) is 0 Å². The first-order chi connectivity index (χ1) is 17.6. The molecule has 0 N–H and O–H groups in total. The number of aromatic nitrogens is 5. The molecule has 6 rings (SSSR count). The van der Waals surface area contributed by atoms with E-state index in [0.717, 1.165) is 33.2 Å². The average Bonchev–Trinajstić information content (AvgIpc) is 3.28. The van der Waals surface area contributed by atoms with Crippen molar-refractivity contribution < 1.29 is 4.74 Å². The fraction of sp³-hybridized carbons (Fsp3) is 0.286. The Morgan fingerprint density at radius 1 is 1.00 bits per heavy atom. The summed E-state index contributed by atoms with van der Waals surface area (Å²) in [7, 11) is 0. The molecule has 0 amide bonds. The zero-order valence-electron chi connectivity index (χ0n) is 19.8. The van der Waals surface area contributed by atoms with Crippen molar-refractivity contribution in [2.24, 2.45) is 5.92 Å². The minimum atomic E-state index is -0.0991. The number of imidazole rings is 1. The van der Waals surface area contributed by atoms with E-state index in [2.05, 4.69) is 25.9 Å². The summed E-state index contributed by atoms with van der Waals surface area (Å²) in [5.41, 5.74) is 3.55. The van der Waals surface area contributed by atoms with Gasteiger partial charge in [-0.15, -0.1) is 0 Å². The molecule has 182 valence electrons. The van der Waals surface area contributed by atoms with Crippen LogP contribution in [-0.4, -0.2) is 30.5 Å². The topological polar surface area (TPSA) is 74.3 Å². The molecule has 3 heterocycles. The summed E-state index contributed by atoms with van der Waals surface area (Å²) in [6.45, 7) is 1.13. The fourth-order valence-corrected chi connectivity index (χ4v) is 5.31. The van der Waals surface area contributed by atoms with Crippen molar-refractivity contribution in [2.75, 3.05) is 6.61 Å². The predicted octanol–water partition coefficient (Wildman–Crippen LogP) is 5.88. The molecule has 0 radical (unpaired) electrons. The van der Waals surface area contributed by atoms with Crippen LogP contribution in [0.3, 0.4) is 0 Å².